The van der Waals surface area contributed by atoms with Gasteiger partial charge in [0.2, 0.25) is 0 Å². The molecule has 3 nitrogen and oxygen atoms in total. The highest BCUT2D eigenvalue weighted by atomic mass is 79.9. The fourth-order valence-corrected chi connectivity index (χ4v) is 2.67. The highest BCUT2D eigenvalue weighted by Gasteiger charge is 2.08. The largest absolute Gasteiger partial charge is 0.313 e. The van der Waals surface area contributed by atoms with Gasteiger partial charge in [0.05, 0.1) is 8.66 Å². The van der Waals surface area contributed by atoms with Gasteiger partial charge in [-0.3, -0.25) is 0 Å². The lowest BCUT2D eigenvalue weighted by Crippen LogP contribution is -1.96. The number of halogens is 1. The van der Waals surface area contributed by atoms with Gasteiger partial charge in [0.25, 0.3) is 0 Å². The summed E-state index contributed by atoms with van der Waals surface area (Å²) >= 11 is 5.12. The van der Waals surface area contributed by atoms with Crippen molar-refractivity contribution in [3.05, 3.63) is 22.2 Å². The van der Waals surface area contributed by atoms with E-state index in [1.807, 2.05) is 6.07 Å². The second-order valence-corrected chi connectivity index (χ2v) is 5.41. The molecule has 5 heteroatoms. The van der Waals surface area contributed by atoms with Crippen LogP contribution in [0.25, 0.3) is 10.7 Å². The van der Waals surface area contributed by atoms with E-state index in [9.17, 15) is 0 Å². The maximum atomic E-state index is 4.12. The Morgan fingerprint density at radius 2 is 2.36 bits per heavy atom. The number of thiophene rings is 1. The smallest absolute Gasteiger partial charge is 0.173 e. The van der Waals surface area contributed by atoms with E-state index in [0.29, 0.717) is 0 Å². The summed E-state index contributed by atoms with van der Waals surface area (Å²) in [6.07, 6.45) is 2.88. The van der Waals surface area contributed by atoms with E-state index in [0.717, 1.165) is 27.5 Å². The van der Waals surface area contributed by atoms with Gasteiger partial charge in [0.15, 0.2) is 5.82 Å². The zero-order chi connectivity index (χ0) is 9.97. The molecule has 0 aliphatic carbocycles. The van der Waals surface area contributed by atoms with Crippen molar-refractivity contribution in [3.63, 3.8) is 0 Å². The zero-order valence-electron chi connectivity index (χ0n) is 7.77. The number of rotatable bonds is 3. The van der Waals surface area contributed by atoms with Crippen LogP contribution in [0.15, 0.2) is 22.2 Å². The highest BCUT2D eigenvalue weighted by molar-refractivity contribution is 9.11. The molecule has 0 aliphatic heterocycles. The minimum atomic E-state index is 0.961. The number of aryl methyl sites for hydroxylation is 1. The topological polar surface area (TPSA) is 30.7 Å². The molecule has 0 aliphatic rings. The molecule has 2 aromatic rings. The molecule has 2 aromatic heterocycles. The predicted octanol–water partition coefficient (Wildman–Crippen LogP) is 3.18. The van der Waals surface area contributed by atoms with Crippen molar-refractivity contribution in [1.82, 2.24) is 14.8 Å². The molecule has 0 saturated heterocycles. The van der Waals surface area contributed by atoms with E-state index < -0.39 is 0 Å². The number of hydrogen-bond donors (Lipinski definition) is 0. The van der Waals surface area contributed by atoms with E-state index in [-0.39, 0.29) is 0 Å². The Bertz CT molecular complexity index is 421. The first-order valence-corrected chi connectivity index (χ1v) is 6.05. The summed E-state index contributed by atoms with van der Waals surface area (Å²) in [4.78, 5) is 1.16. The van der Waals surface area contributed by atoms with Crippen LogP contribution in [0.5, 0.6) is 0 Å². The Balaban J connectivity index is 2.36. The molecule has 0 spiro atoms. The number of aromatic nitrogens is 3. The van der Waals surface area contributed by atoms with Crippen LogP contribution in [0.1, 0.15) is 13.3 Å². The fraction of sp³-hybridized carbons (Fsp3) is 0.333. The first-order chi connectivity index (χ1) is 6.81. The van der Waals surface area contributed by atoms with Crippen LogP contribution in [0.4, 0.5) is 0 Å². The Labute approximate surface area is 94.9 Å². The second kappa shape index (κ2) is 4.23. The normalized spacial score (nSPS) is 10.7. The molecule has 74 valence electrons. The molecule has 0 aromatic carbocycles. The van der Waals surface area contributed by atoms with Crippen molar-refractivity contribution in [2.24, 2.45) is 0 Å². The van der Waals surface area contributed by atoms with Gasteiger partial charge in [-0.15, -0.1) is 21.5 Å². The summed E-state index contributed by atoms with van der Waals surface area (Å²) in [6, 6.07) is 4.09. The standard InChI is InChI=1S/C9H10BrN3S/c1-2-5-13-6-11-12-9(13)7-3-4-8(10)14-7/h3-4,6H,2,5H2,1H3. The van der Waals surface area contributed by atoms with Crippen molar-refractivity contribution in [1.29, 1.82) is 0 Å². The van der Waals surface area contributed by atoms with Gasteiger partial charge in [-0.05, 0) is 34.5 Å². The quantitative estimate of drug-likeness (QED) is 0.859. The minimum Gasteiger partial charge on any atom is -0.313 e. The molecule has 0 bridgehead atoms. The average molecular weight is 272 g/mol. The van der Waals surface area contributed by atoms with Crippen molar-refractivity contribution >= 4 is 27.3 Å². The lowest BCUT2D eigenvalue weighted by molar-refractivity contribution is 0.683. The third-order valence-electron chi connectivity index (χ3n) is 1.87. The minimum absolute atomic E-state index is 0.961. The third-order valence-corrected chi connectivity index (χ3v) is 3.49. The summed E-state index contributed by atoms with van der Waals surface area (Å²) < 4.78 is 3.21. The van der Waals surface area contributed by atoms with Gasteiger partial charge in [0.1, 0.15) is 6.33 Å². The Morgan fingerprint density at radius 1 is 1.50 bits per heavy atom. The molecular formula is C9H10BrN3S. The third kappa shape index (κ3) is 1.88. The second-order valence-electron chi connectivity index (χ2n) is 2.95. The molecule has 14 heavy (non-hydrogen) atoms. The van der Waals surface area contributed by atoms with E-state index in [1.165, 1.54) is 0 Å². The summed E-state index contributed by atoms with van der Waals surface area (Å²) in [5.74, 6) is 0.961. The van der Waals surface area contributed by atoms with Gasteiger partial charge in [-0.25, -0.2) is 0 Å². The van der Waals surface area contributed by atoms with Crippen LogP contribution in [0, 0.1) is 0 Å². The van der Waals surface area contributed by atoms with Crippen LogP contribution in [-0.4, -0.2) is 14.8 Å². The molecule has 0 atom stereocenters. The van der Waals surface area contributed by atoms with Crippen LogP contribution in [0.2, 0.25) is 0 Å². The van der Waals surface area contributed by atoms with Gasteiger partial charge in [0, 0.05) is 6.54 Å². The van der Waals surface area contributed by atoms with E-state index >= 15 is 0 Å². The van der Waals surface area contributed by atoms with Crippen LogP contribution in [-0.2, 0) is 6.54 Å². The van der Waals surface area contributed by atoms with Gasteiger partial charge >= 0.3 is 0 Å². The summed E-state index contributed by atoms with van der Waals surface area (Å²) in [5.41, 5.74) is 0. The molecule has 2 heterocycles. The van der Waals surface area contributed by atoms with Crippen molar-refractivity contribution in [3.8, 4) is 10.7 Å². The first kappa shape index (κ1) is 9.86. The number of hydrogen-bond acceptors (Lipinski definition) is 3. The number of nitrogens with zero attached hydrogens (tertiary/aromatic N) is 3. The van der Waals surface area contributed by atoms with Crippen LogP contribution < -0.4 is 0 Å². The maximum Gasteiger partial charge on any atom is 0.173 e. The monoisotopic (exact) mass is 271 g/mol. The Kier molecular flexibility index (Phi) is 2.98. The Hall–Kier alpha value is -0.680. The molecule has 0 amide bonds. The van der Waals surface area contributed by atoms with Crippen LogP contribution in [0.3, 0.4) is 0 Å². The fourth-order valence-electron chi connectivity index (χ4n) is 1.28. The Morgan fingerprint density at radius 3 is 3.00 bits per heavy atom. The molecular weight excluding hydrogens is 262 g/mol. The van der Waals surface area contributed by atoms with E-state index in [2.05, 4.69) is 43.7 Å². The first-order valence-electron chi connectivity index (χ1n) is 4.44. The molecule has 2 rings (SSSR count). The van der Waals surface area contributed by atoms with Gasteiger partial charge < -0.3 is 4.57 Å². The van der Waals surface area contributed by atoms with Crippen molar-refractivity contribution < 1.29 is 0 Å². The predicted molar refractivity (Wildman–Crippen MR) is 61.3 cm³/mol. The summed E-state index contributed by atoms with van der Waals surface area (Å²) in [7, 11) is 0. The van der Waals surface area contributed by atoms with E-state index in [1.54, 1.807) is 17.7 Å². The summed E-state index contributed by atoms with van der Waals surface area (Å²) in [5, 5.41) is 8.05. The van der Waals surface area contributed by atoms with E-state index in [4.69, 9.17) is 0 Å². The maximum absolute atomic E-state index is 4.12. The summed E-state index contributed by atoms with van der Waals surface area (Å²) in [6.45, 7) is 3.12. The lowest BCUT2D eigenvalue weighted by atomic mass is 10.4. The van der Waals surface area contributed by atoms with Crippen LogP contribution >= 0.6 is 27.3 Å². The molecule has 0 N–H and O–H groups in total. The van der Waals surface area contributed by atoms with Gasteiger partial charge in [-0.1, -0.05) is 6.92 Å². The molecule has 0 fully saturated rings. The van der Waals surface area contributed by atoms with Crippen molar-refractivity contribution in [2.45, 2.75) is 19.9 Å². The molecule has 0 radical (unpaired) electrons. The van der Waals surface area contributed by atoms with Gasteiger partial charge in [-0.2, -0.15) is 0 Å². The highest BCUT2D eigenvalue weighted by Crippen LogP contribution is 2.29. The van der Waals surface area contributed by atoms with Crippen molar-refractivity contribution in [2.75, 3.05) is 0 Å². The average Bonchev–Trinajstić information content (AvgIpc) is 2.74. The molecule has 0 saturated carbocycles. The lowest BCUT2D eigenvalue weighted by Gasteiger charge is -2.01. The zero-order valence-corrected chi connectivity index (χ0v) is 10.2. The SMILES string of the molecule is CCCn1cnnc1-c1ccc(Br)s1. The molecule has 0 unspecified atom stereocenters.